The van der Waals surface area contributed by atoms with E-state index in [1.807, 2.05) is 26.0 Å². The van der Waals surface area contributed by atoms with Crippen LogP contribution in [0.1, 0.15) is 37.8 Å². The third-order valence-electron chi connectivity index (χ3n) is 3.72. The summed E-state index contributed by atoms with van der Waals surface area (Å²) in [5.41, 5.74) is 4.68. The van der Waals surface area contributed by atoms with Gasteiger partial charge in [0, 0.05) is 5.02 Å². The molecule has 0 amide bonds. The van der Waals surface area contributed by atoms with Crippen LogP contribution >= 0.6 is 11.6 Å². The highest BCUT2D eigenvalue weighted by atomic mass is 35.5. The molecule has 0 fully saturated rings. The van der Waals surface area contributed by atoms with Gasteiger partial charge >= 0.3 is 0 Å². The summed E-state index contributed by atoms with van der Waals surface area (Å²) in [5.74, 6) is 1.94. The third kappa shape index (κ3) is 4.04. The molecule has 1 aliphatic rings. The molecule has 0 saturated heterocycles. The van der Waals surface area contributed by atoms with Crippen LogP contribution < -0.4 is 4.74 Å². The maximum Gasteiger partial charge on any atom is 0.125 e. The molecular formula is C18H23ClO2. The minimum Gasteiger partial charge on any atom is -0.490 e. The molecule has 0 aliphatic heterocycles. The Bertz CT molecular complexity index is 562. The van der Waals surface area contributed by atoms with Crippen molar-refractivity contribution in [2.24, 2.45) is 0 Å². The van der Waals surface area contributed by atoms with Gasteiger partial charge in [0.2, 0.25) is 0 Å². The summed E-state index contributed by atoms with van der Waals surface area (Å²) >= 11 is 6.02. The zero-order valence-corrected chi connectivity index (χ0v) is 14.0. The largest absolute Gasteiger partial charge is 0.490 e. The number of hydrogen-bond acceptors (Lipinski definition) is 2. The predicted molar refractivity (Wildman–Crippen MR) is 88.1 cm³/mol. The van der Waals surface area contributed by atoms with Crippen LogP contribution in [0.3, 0.4) is 0 Å². The van der Waals surface area contributed by atoms with Gasteiger partial charge < -0.3 is 9.47 Å². The maximum atomic E-state index is 6.02. The standard InChI is InChI=1S/C18H23ClO2/c1-12-6-5-7-13(2)17(12)20-8-9-21-18-14(3)10-16(19)11-15(18)4/h6,10-11H,5,7-9H2,1-4H3. The van der Waals surface area contributed by atoms with Gasteiger partial charge in [-0.25, -0.2) is 0 Å². The fraction of sp³-hybridized carbons (Fsp3) is 0.444. The van der Waals surface area contributed by atoms with Crippen molar-refractivity contribution < 1.29 is 9.47 Å². The van der Waals surface area contributed by atoms with E-state index in [9.17, 15) is 0 Å². The van der Waals surface area contributed by atoms with Crippen molar-refractivity contribution in [3.05, 3.63) is 51.3 Å². The zero-order valence-electron chi connectivity index (χ0n) is 13.3. The molecule has 1 aromatic carbocycles. The van der Waals surface area contributed by atoms with Gasteiger partial charge in [-0.2, -0.15) is 0 Å². The Morgan fingerprint density at radius 3 is 2.24 bits per heavy atom. The summed E-state index contributed by atoms with van der Waals surface area (Å²) < 4.78 is 11.8. The lowest BCUT2D eigenvalue weighted by molar-refractivity contribution is 0.157. The topological polar surface area (TPSA) is 18.5 Å². The minimum absolute atomic E-state index is 0.535. The number of rotatable bonds is 5. The quantitative estimate of drug-likeness (QED) is 0.681. The zero-order chi connectivity index (χ0) is 15.4. The second kappa shape index (κ2) is 7.04. The Labute approximate surface area is 132 Å². The molecule has 1 aromatic rings. The molecule has 0 N–H and O–H groups in total. The first kappa shape index (κ1) is 16.0. The summed E-state index contributed by atoms with van der Waals surface area (Å²) in [6.45, 7) is 9.35. The Morgan fingerprint density at radius 2 is 1.62 bits per heavy atom. The van der Waals surface area contributed by atoms with Crippen LogP contribution in [0.25, 0.3) is 0 Å². The Kier molecular flexibility index (Phi) is 5.35. The third-order valence-corrected chi connectivity index (χ3v) is 3.94. The molecule has 114 valence electrons. The van der Waals surface area contributed by atoms with Gasteiger partial charge in [0.05, 0.1) is 0 Å². The lowest BCUT2D eigenvalue weighted by Crippen LogP contribution is -2.10. The molecule has 0 aromatic heterocycles. The van der Waals surface area contributed by atoms with E-state index in [0.29, 0.717) is 13.2 Å². The molecule has 0 unspecified atom stereocenters. The van der Waals surface area contributed by atoms with Crippen LogP contribution in [0.5, 0.6) is 5.75 Å². The molecule has 0 heterocycles. The number of ether oxygens (including phenoxy) is 2. The molecule has 0 bridgehead atoms. The smallest absolute Gasteiger partial charge is 0.125 e. The van der Waals surface area contributed by atoms with Crippen molar-refractivity contribution in [1.29, 1.82) is 0 Å². The lowest BCUT2D eigenvalue weighted by atomic mass is 10.00. The summed E-state index contributed by atoms with van der Waals surface area (Å²) in [4.78, 5) is 0. The molecule has 0 atom stereocenters. The van der Waals surface area contributed by atoms with E-state index >= 15 is 0 Å². The van der Waals surface area contributed by atoms with Crippen LogP contribution in [0.4, 0.5) is 0 Å². The first-order valence-electron chi connectivity index (χ1n) is 7.38. The van der Waals surface area contributed by atoms with E-state index in [-0.39, 0.29) is 0 Å². The van der Waals surface area contributed by atoms with Gasteiger partial charge in [-0.15, -0.1) is 0 Å². The van der Waals surface area contributed by atoms with Crippen LogP contribution in [-0.4, -0.2) is 13.2 Å². The highest BCUT2D eigenvalue weighted by molar-refractivity contribution is 6.30. The van der Waals surface area contributed by atoms with Crippen LogP contribution in [0.2, 0.25) is 5.02 Å². The number of hydrogen-bond donors (Lipinski definition) is 0. The summed E-state index contributed by atoms with van der Waals surface area (Å²) in [6, 6.07) is 3.84. The Morgan fingerprint density at radius 1 is 1.00 bits per heavy atom. The summed E-state index contributed by atoms with van der Waals surface area (Å²) in [7, 11) is 0. The highest BCUT2D eigenvalue weighted by Gasteiger charge is 2.11. The molecular weight excluding hydrogens is 284 g/mol. The fourth-order valence-corrected chi connectivity index (χ4v) is 3.02. The second-order valence-corrected chi connectivity index (χ2v) is 6.04. The maximum absolute atomic E-state index is 6.02. The van der Waals surface area contributed by atoms with E-state index in [0.717, 1.165) is 40.5 Å². The minimum atomic E-state index is 0.535. The van der Waals surface area contributed by atoms with Crippen LogP contribution in [-0.2, 0) is 4.74 Å². The number of benzene rings is 1. The molecule has 21 heavy (non-hydrogen) atoms. The van der Waals surface area contributed by atoms with Gasteiger partial charge in [0.1, 0.15) is 24.7 Å². The molecule has 1 aliphatic carbocycles. The van der Waals surface area contributed by atoms with E-state index in [4.69, 9.17) is 21.1 Å². The van der Waals surface area contributed by atoms with E-state index < -0.39 is 0 Å². The van der Waals surface area contributed by atoms with Crippen molar-refractivity contribution in [2.45, 2.75) is 40.5 Å². The predicted octanol–water partition coefficient (Wildman–Crippen LogP) is 5.37. The fourth-order valence-electron chi connectivity index (χ4n) is 2.70. The van der Waals surface area contributed by atoms with Crippen molar-refractivity contribution in [3.8, 4) is 5.75 Å². The van der Waals surface area contributed by atoms with E-state index in [1.54, 1.807) is 0 Å². The SMILES string of the molecule is CC1=CCCC(C)=C1OCCOc1c(C)cc(Cl)cc1C. The molecule has 0 spiro atoms. The molecule has 0 radical (unpaired) electrons. The summed E-state index contributed by atoms with van der Waals surface area (Å²) in [5, 5.41) is 0.748. The van der Waals surface area contributed by atoms with Gasteiger partial charge in [-0.1, -0.05) is 17.7 Å². The van der Waals surface area contributed by atoms with Crippen LogP contribution in [0.15, 0.2) is 35.1 Å². The monoisotopic (exact) mass is 306 g/mol. The van der Waals surface area contributed by atoms with Gasteiger partial charge in [0.25, 0.3) is 0 Å². The average Bonchev–Trinajstić information content (AvgIpc) is 2.39. The van der Waals surface area contributed by atoms with Gasteiger partial charge in [0.15, 0.2) is 0 Å². The van der Waals surface area contributed by atoms with Gasteiger partial charge in [-0.3, -0.25) is 0 Å². The van der Waals surface area contributed by atoms with Crippen molar-refractivity contribution in [2.75, 3.05) is 13.2 Å². The van der Waals surface area contributed by atoms with Gasteiger partial charge in [-0.05, 0) is 74.9 Å². The van der Waals surface area contributed by atoms with E-state index in [2.05, 4.69) is 19.9 Å². The lowest BCUT2D eigenvalue weighted by Gasteiger charge is -2.19. The van der Waals surface area contributed by atoms with Crippen molar-refractivity contribution >= 4 is 11.6 Å². The molecule has 2 rings (SSSR count). The molecule has 3 heteroatoms. The molecule has 2 nitrogen and oxygen atoms in total. The number of aryl methyl sites for hydroxylation is 2. The highest BCUT2D eigenvalue weighted by Crippen LogP contribution is 2.28. The molecule has 0 saturated carbocycles. The van der Waals surface area contributed by atoms with Crippen LogP contribution in [0, 0.1) is 13.8 Å². The summed E-state index contributed by atoms with van der Waals surface area (Å²) in [6.07, 6.45) is 4.43. The first-order valence-corrected chi connectivity index (χ1v) is 7.76. The van der Waals surface area contributed by atoms with E-state index in [1.165, 1.54) is 11.1 Å². The normalized spacial score (nSPS) is 15.0. The Balaban J connectivity index is 1.90. The van der Waals surface area contributed by atoms with Crippen molar-refractivity contribution in [3.63, 3.8) is 0 Å². The first-order chi connectivity index (χ1) is 9.99. The Hall–Kier alpha value is -1.41. The average molecular weight is 307 g/mol. The second-order valence-electron chi connectivity index (χ2n) is 5.60. The van der Waals surface area contributed by atoms with Crippen molar-refractivity contribution in [1.82, 2.24) is 0 Å². The number of allylic oxidation sites excluding steroid dienone is 3. The number of halogens is 1.